The summed E-state index contributed by atoms with van der Waals surface area (Å²) in [6, 6.07) is 5.24. The second-order valence-electron chi connectivity index (χ2n) is 6.63. The molecule has 1 fully saturated rings. The average molecular weight is 464 g/mol. The Balaban J connectivity index is 0.00000312. The third-order valence-corrected chi connectivity index (χ3v) is 4.19. The van der Waals surface area contributed by atoms with Crippen molar-refractivity contribution < 1.29 is 9.13 Å². The Bertz CT molecular complexity index is 574. The first-order chi connectivity index (χ1) is 11.4. The molecule has 2 N–H and O–H groups in total. The fourth-order valence-electron chi connectivity index (χ4n) is 2.77. The molecule has 2 rings (SSSR count). The molecule has 1 aromatic carbocycles. The monoisotopic (exact) mass is 464 g/mol. The van der Waals surface area contributed by atoms with E-state index in [1.165, 1.54) is 0 Å². The van der Waals surface area contributed by atoms with Gasteiger partial charge in [0, 0.05) is 33.8 Å². The van der Waals surface area contributed by atoms with Crippen LogP contribution in [0.25, 0.3) is 0 Å². The number of hydrogen-bond donors (Lipinski definition) is 2. The Morgan fingerprint density at radius 2 is 2.12 bits per heavy atom. The van der Waals surface area contributed by atoms with Gasteiger partial charge >= 0.3 is 0 Å². The summed E-state index contributed by atoms with van der Waals surface area (Å²) in [4.78, 5) is 6.31. The molecule has 1 aliphatic rings. The molecule has 0 aliphatic carbocycles. The number of benzene rings is 1. The minimum absolute atomic E-state index is 0. The number of aliphatic imine (C=N–C) groups is 1. The molecule has 0 amide bonds. The summed E-state index contributed by atoms with van der Waals surface area (Å²) < 4.78 is 19.8. The van der Waals surface area contributed by atoms with Crippen LogP contribution in [0.2, 0.25) is 0 Å². The summed E-state index contributed by atoms with van der Waals surface area (Å²) in [6.07, 6.45) is 2.15. The first kappa shape index (κ1) is 22.0. The van der Waals surface area contributed by atoms with E-state index in [-0.39, 0.29) is 35.4 Å². The van der Waals surface area contributed by atoms with Crippen LogP contribution < -0.4 is 15.5 Å². The second-order valence-corrected chi connectivity index (χ2v) is 6.63. The van der Waals surface area contributed by atoms with Crippen LogP contribution in [0.3, 0.4) is 0 Å². The predicted octanol–water partition coefficient (Wildman–Crippen LogP) is 3.13. The lowest BCUT2D eigenvalue weighted by molar-refractivity contribution is 0.0243. The fraction of sp³-hybridized carbons (Fsp3) is 0.611. The van der Waals surface area contributed by atoms with Crippen molar-refractivity contribution in [2.75, 3.05) is 38.7 Å². The largest absolute Gasteiger partial charge is 0.375 e. The molecule has 0 spiro atoms. The zero-order valence-electron chi connectivity index (χ0n) is 15.6. The minimum atomic E-state index is -0.225. The van der Waals surface area contributed by atoms with Crippen molar-refractivity contribution in [3.8, 4) is 0 Å². The topological polar surface area (TPSA) is 48.9 Å². The van der Waals surface area contributed by atoms with Gasteiger partial charge in [0.25, 0.3) is 0 Å². The summed E-state index contributed by atoms with van der Waals surface area (Å²) in [5.41, 5.74) is 1.30. The van der Waals surface area contributed by atoms with E-state index in [2.05, 4.69) is 22.5 Å². The molecule has 25 heavy (non-hydrogen) atoms. The summed E-state index contributed by atoms with van der Waals surface area (Å²) in [7, 11) is 3.66. The van der Waals surface area contributed by atoms with Gasteiger partial charge < -0.3 is 20.3 Å². The number of ether oxygens (including phenoxy) is 1. The number of nitrogens with one attached hydrogen (secondary N) is 2. The van der Waals surface area contributed by atoms with Gasteiger partial charge in [0.15, 0.2) is 5.96 Å². The lowest BCUT2D eigenvalue weighted by Gasteiger charge is -2.24. The summed E-state index contributed by atoms with van der Waals surface area (Å²) in [6.45, 7) is 6.88. The van der Waals surface area contributed by atoms with Crippen molar-refractivity contribution in [1.82, 2.24) is 10.6 Å². The molecule has 142 valence electrons. The van der Waals surface area contributed by atoms with Crippen molar-refractivity contribution in [1.29, 1.82) is 0 Å². The molecule has 1 saturated heterocycles. The molecule has 0 saturated carbocycles. The molecule has 1 heterocycles. The van der Waals surface area contributed by atoms with E-state index in [4.69, 9.17) is 4.74 Å². The number of anilines is 1. The van der Waals surface area contributed by atoms with Crippen molar-refractivity contribution >= 4 is 35.6 Å². The maximum Gasteiger partial charge on any atom is 0.191 e. The van der Waals surface area contributed by atoms with Crippen LogP contribution >= 0.6 is 24.0 Å². The van der Waals surface area contributed by atoms with E-state index in [1.54, 1.807) is 17.0 Å². The van der Waals surface area contributed by atoms with Crippen LogP contribution in [0, 0.1) is 5.82 Å². The van der Waals surface area contributed by atoms with Crippen LogP contribution in [-0.2, 0) is 11.3 Å². The van der Waals surface area contributed by atoms with E-state index in [0.717, 1.165) is 37.5 Å². The van der Waals surface area contributed by atoms with Gasteiger partial charge in [0.2, 0.25) is 0 Å². The quantitative estimate of drug-likeness (QED) is 0.386. The predicted molar refractivity (Wildman–Crippen MR) is 113 cm³/mol. The second kappa shape index (κ2) is 10.2. The Hall–Kier alpha value is -1.09. The van der Waals surface area contributed by atoms with Gasteiger partial charge in [-0.05, 0) is 44.4 Å². The summed E-state index contributed by atoms with van der Waals surface area (Å²) in [5, 5.41) is 6.55. The molecular weight excluding hydrogens is 434 g/mol. The Kier molecular flexibility index (Phi) is 8.92. The first-order valence-electron chi connectivity index (χ1n) is 8.55. The van der Waals surface area contributed by atoms with Crippen LogP contribution in [0.5, 0.6) is 0 Å². The van der Waals surface area contributed by atoms with Gasteiger partial charge in [0.05, 0.1) is 17.8 Å². The van der Waals surface area contributed by atoms with Crippen LogP contribution in [0.1, 0.15) is 32.3 Å². The average Bonchev–Trinajstić information content (AvgIpc) is 2.97. The van der Waals surface area contributed by atoms with Gasteiger partial charge in [-0.15, -0.1) is 24.0 Å². The highest BCUT2D eigenvalue weighted by atomic mass is 127. The van der Waals surface area contributed by atoms with Crippen molar-refractivity contribution in [3.63, 3.8) is 0 Å². The third-order valence-electron chi connectivity index (χ3n) is 4.19. The lowest BCUT2D eigenvalue weighted by atomic mass is 10.0. The molecule has 1 aliphatic heterocycles. The number of guanidine groups is 1. The zero-order valence-corrected chi connectivity index (χ0v) is 17.9. The molecule has 0 bridgehead atoms. The number of nitrogens with zero attached hydrogens (tertiary/aromatic N) is 2. The molecule has 7 heteroatoms. The van der Waals surface area contributed by atoms with Crippen molar-refractivity contribution in [2.24, 2.45) is 4.99 Å². The maximum atomic E-state index is 14.0. The number of hydrogen-bond acceptors (Lipinski definition) is 3. The van der Waals surface area contributed by atoms with E-state index in [9.17, 15) is 4.39 Å². The lowest BCUT2D eigenvalue weighted by Crippen LogP contribution is -2.45. The Morgan fingerprint density at radius 3 is 2.68 bits per heavy atom. The van der Waals surface area contributed by atoms with Gasteiger partial charge in [-0.1, -0.05) is 6.07 Å². The van der Waals surface area contributed by atoms with Gasteiger partial charge in [-0.25, -0.2) is 9.38 Å². The SMILES string of the molecule is CCNC(=NCc1ccc(N(C)C)c(F)c1)NCC1(C)CCCO1.I. The molecular formula is C18H30FIN4O. The van der Waals surface area contributed by atoms with Crippen molar-refractivity contribution in [2.45, 2.75) is 38.8 Å². The Labute approximate surface area is 167 Å². The molecule has 1 aromatic rings. The van der Waals surface area contributed by atoms with E-state index in [1.807, 2.05) is 27.1 Å². The Morgan fingerprint density at radius 1 is 1.36 bits per heavy atom. The van der Waals surface area contributed by atoms with E-state index in [0.29, 0.717) is 18.8 Å². The van der Waals surface area contributed by atoms with Crippen molar-refractivity contribution in [3.05, 3.63) is 29.6 Å². The van der Waals surface area contributed by atoms with Crippen LogP contribution in [0.15, 0.2) is 23.2 Å². The van der Waals surface area contributed by atoms with Gasteiger partial charge in [-0.2, -0.15) is 0 Å². The normalized spacial score (nSPS) is 20.1. The van der Waals surface area contributed by atoms with E-state index < -0.39 is 0 Å². The number of halogens is 2. The standard InChI is InChI=1S/C18H29FN4O.HI/c1-5-20-17(22-13-18(2)9-6-10-24-18)21-12-14-7-8-16(23(3)4)15(19)11-14;/h7-8,11H,5-6,9-10,12-13H2,1-4H3,(H2,20,21,22);1H. The molecule has 1 unspecified atom stereocenters. The number of rotatable bonds is 6. The van der Waals surface area contributed by atoms with Gasteiger partial charge in [0.1, 0.15) is 5.82 Å². The minimum Gasteiger partial charge on any atom is -0.375 e. The maximum absolute atomic E-state index is 14.0. The highest BCUT2D eigenvalue weighted by Crippen LogP contribution is 2.23. The van der Waals surface area contributed by atoms with Crippen LogP contribution in [0.4, 0.5) is 10.1 Å². The molecule has 1 atom stereocenters. The van der Waals surface area contributed by atoms with Crippen LogP contribution in [-0.4, -0.2) is 45.4 Å². The third kappa shape index (κ3) is 6.62. The summed E-state index contributed by atoms with van der Waals surface area (Å²) in [5.74, 6) is 0.504. The zero-order chi connectivity index (χ0) is 17.6. The molecule has 0 aromatic heterocycles. The summed E-state index contributed by atoms with van der Waals surface area (Å²) >= 11 is 0. The smallest absolute Gasteiger partial charge is 0.191 e. The molecule has 0 radical (unpaired) electrons. The first-order valence-corrected chi connectivity index (χ1v) is 8.55. The van der Waals surface area contributed by atoms with Gasteiger partial charge in [-0.3, -0.25) is 0 Å². The van der Waals surface area contributed by atoms with E-state index >= 15 is 0 Å². The fourth-order valence-corrected chi connectivity index (χ4v) is 2.77. The highest BCUT2D eigenvalue weighted by Gasteiger charge is 2.29. The highest BCUT2D eigenvalue weighted by molar-refractivity contribution is 14.0. The molecule has 5 nitrogen and oxygen atoms in total.